The Balaban J connectivity index is 3.05. The van der Waals surface area contributed by atoms with Gasteiger partial charge in [-0.1, -0.05) is 42.2 Å². The van der Waals surface area contributed by atoms with Gasteiger partial charge in [-0.25, -0.2) is 0 Å². The Hall–Kier alpha value is -1.46. The fourth-order valence-corrected chi connectivity index (χ4v) is 2.17. The zero-order valence-electron chi connectivity index (χ0n) is 11.3. The molecule has 4 N–H and O–H groups in total. The van der Waals surface area contributed by atoms with Gasteiger partial charge >= 0.3 is 0 Å². The molecule has 1 rings (SSSR count). The maximum absolute atomic E-state index is 12.3. The van der Waals surface area contributed by atoms with Gasteiger partial charge in [-0.2, -0.15) is 0 Å². The molecule has 0 heterocycles. The third-order valence-electron chi connectivity index (χ3n) is 3.34. The first-order chi connectivity index (χ1) is 9.40. The summed E-state index contributed by atoms with van der Waals surface area (Å²) in [6, 6.07) is 4.58. The van der Waals surface area contributed by atoms with Crippen molar-refractivity contribution in [1.82, 2.24) is 5.32 Å². The number of hydrogen-bond donors (Lipinski definition) is 3. The lowest BCUT2D eigenvalue weighted by molar-refractivity contribution is 0.0918. The number of nitrogens with zero attached hydrogens (tertiary/aromatic N) is 1. The first kappa shape index (κ1) is 16.6. The van der Waals surface area contributed by atoms with Gasteiger partial charge < -0.3 is 16.3 Å². The van der Waals surface area contributed by atoms with Crippen LogP contribution in [0.1, 0.15) is 37.0 Å². The molecule has 0 saturated heterocycles. The number of nitrogens with two attached hydrogens (primary N) is 1. The molecule has 0 aliphatic heterocycles. The molecule has 1 aromatic carbocycles. The Morgan fingerprint density at radius 2 is 1.95 bits per heavy atom. The van der Waals surface area contributed by atoms with Crippen LogP contribution in [0.3, 0.4) is 0 Å². The van der Waals surface area contributed by atoms with E-state index in [1.165, 1.54) is 6.07 Å². The molecule has 0 unspecified atom stereocenters. The maximum Gasteiger partial charge on any atom is 0.252 e. The van der Waals surface area contributed by atoms with Gasteiger partial charge in [0, 0.05) is 5.56 Å². The molecular weight excluding hydrogens is 301 g/mol. The van der Waals surface area contributed by atoms with Crippen molar-refractivity contribution in [2.75, 3.05) is 0 Å². The number of hydrogen-bond acceptors (Lipinski definition) is 3. The van der Waals surface area contributed by atoms with Crippen LogP contribution in [0.4, 0.5) is 0 Å². The summed E-state index contributed by atoms with van der Waals surface area (Å²) in [6.45, 7) is 3.69. The van der Waals surface area contributed by atoms with E-state index in [0.717, 1.165) is 0 Å². The number of amides is 1. The first-order valence-corrected chi connectivity index (χ1v) is 6.91. The Morgan fingerprint density at radius 1 is 1.35 bits per heavy atom. The van der Waals surface area contributed by atoms with Crippen LogP contribution in [0.2, 0.25) is 10.0 Å². The van der Waals surface area contributed by atoms with Crippen molar-refractivity contribution in [2.45, 2.75) is 32.2 Å². The second-order valence-corrected chi connectivity index (χ2v) is 5.17. The maximum atomic E-state index is 12.3. The summed E-state index contributed by atoms with van der Waals surface area (Å²) in [6.07, 6.45) is 0.985. The normalized spacial score (nSPS) is 12.3. The highest BCUT2D eigenvalue weighted by atomic mass is 35.5. The Bertz CT molecular complexity index is 528. The molecular formula is C13H17Cl2N3O2. The van der Waals surface area contributed by atoms with Crippen molar-refractivity contribution in [3.05, 3.63) is 33.8 Å². The summed E-state index contributed by atoms with van der Waals surface area (Å²) in [5, 5.41) is 15.3. The molecule has 0 bridgehead atoms. The number of oxime groups is 1. The predicted octanol–water partition coefficient (Wildman–Crippen LogP) is 3.03. The molecule has 0 atom stereocenters. The SMILES string of the molecule is CCC(CC)(NC(=O)c1ccc(Cl)c(Cl)c1)/C(N)=N/O. The van der Waals surface area contributed by atoms with Gasteiger partial charge in [0.05, 0.1) is 10.0 Å². The summed E-state index contributed by atoms with van der Waals surface area (Å²) >= 11 is 11.7. The van der Waals surface area contributed by atoms with E-state index in [4.69, 9.17) is 34.1 Å². The molecule has 0 fully saturated rings. The van der Waals surface area contributed by atoms with E-state index in [9.17, 15) is 4.79 Å². The summed E-state index contributed by atoms with van der Waals surface area (Å²) in [4.78, 5) is 12.3. The van der Waals surface area contributed by atoms with Crippen molar-refractivity contribution >= 4 is 34.9 Å². The highest BCUT2D eigenvalue weighted by Crippen LogP contribution is 2.23. The van der Waals surface area contributed by atoms with Crippen molar-refractivity contribution in [1.29, 1.82) is 0 Å². The van der Waals surface area contributed by atoms with Crippen LogP contribution in [0.25, 0.3) is 0 Å². The molecule has 1 amide bonds. The number of carbonyl (C=O) groups excluding carboxylic acids is 1. The van der Waals surface area contributed by atoms with E-state index in [-0.39, 0.29) is 11.7 Å². The molecule has 0 aliphatic rings. The predicted molar refractivity (Wildman–Crippen MR) is 80.7 cm³/mol. The topological polar surface area (TPSA) is 87.7 Å². The van der Waals surface area contributed by atoms with Crippen LogP contribution in [0.5, 0.6) is 0 Å². The van der Waals surface area contributed by atoms with Crippen molar-refractivity contribution in [2.24, 2.45) is 10.9 Å². The fourth-order valence-electron chi connectivity index (χ4n) is 1.88. The molecule has 1 aromatic rings. The molecule has 20 heavy (non-hydrogen) atoms. The molecule has 5 nitrogen and oxygen atoms in total. The Morgan fingerprint density at radius 3 is 2.40 bits per heavy atom. The van der Waals surface area contributed by atoms with E-state index in [1.54, 1.807) is 12.1 Å². The third kappa shape index (κ3) is 3.35. The van der Waals surface area contributed by atoms with Crippen molar-refractivity contribution in [3.8, 4) is 0 Å². The molecule has 110 valence electrons. The highest BCUT2D eigenvalue weighted by molar-refractivity contribution is 6.42. The summed E-state index contributed by atoms with van der Waals surface area (Å²) in [7, 11) is 0. The molecule has 0 aliphatic carbocycles. The van der Waals surface area contributed by atoms with Crippen molar-refractivity contribution < 1.29 is 10.0 Å². The number of nitrogens with one attached hydrogen (secondary N) is 1. The van der Waals surface area contributed by atoms with Gasteiger partial charge in [0.1, 0.15) is 5.54 Å². The smallest absolute Gasteiger partial charge is 0.252 e. The van der Waals surface area contributed by atoms with Gasteiger partial charge in [0.15, 0.2) is 5.84 Å². The second kappa shape index (κ2) is 6.81. The van der Waals surface area contributed by atoms with Gasteiger partial charge in [-0.15, -0.1) is 0 Å². The zero-order chi connectivity index (χ0) is 15.3. The summed E-state index contributed by atoms with van der Waals surface area (Å²) < 4.78 is 0. The number of amidine groups is 1. The van der Waals surface area contributed by atoms with Gasteiger partial charge in [-0.05, 0) is 31.0 Å². The van der Waals surface area contributed by atoms with Crippen LogP contribution in [-0.4, -0.2) is 22.5 Å². The Kier molecular flexibility index (Phi) is 5.65. The average molecular weight is 318 g/mol. The number of halogens is 2. The molecule has 0 aromatic heterocycles. The lowest BCUT2D eigenvalue weighted by Crippen LogP contribution is -2.56. The van der Waals surface area contributed by atoms with Crippen LogP contribution in [-0.2, 0) is 0 Å². The summed E-state index contributed by atoms with van der Waals surface area (Å²) in [5.41, 5.74) is 5.16. The monoisotopic (exact) mass is 317 g/mol. The molecule has 0 saturated carbocycles. The quantitative estimate of drug-likeness (QED) is 0.337. The Labute approximate surface area is 127 Å². The minimum absolute atomic E-state index is 0.0316. The van der Waals surface area contributed by atoms with E-state index in [2.05, 4.69) is 10.5 Å². The average Bonchev–Trinajstić information content (AvgIpc) is 2.46. The standard InChI is InChI=1S/C13H17Cl2N3O2/c1-3-13(4-2,12(16)18-20)17-11(19)8-5-6-9(14)10(15)7-8/h5-7,20H,3-4H2,1-2H3,(H2,16,18)(H,17,19). The largest absolute Gasteiger partial charge is 0.409 e. The zero-order valence-corrected chi connectivity index (χ0v) is 12.8. The van der Waals surface area contributed by atoms with Crippen LogP contribution < -0.4 is 11.1 Å². The highest BCUT2D eigenvalue weighted by Gasteiger charge is 2.33. The minimum Gasteiger partial charge on any atom is -0.409 e. The number of carbonyl (C=O) groups is 1. The van der Waals surface area contributed by atoms with Gasteiger partial charge in [-0.3, -0.25) is 4.79 Å². The van der Waals surface area contributed by atoms with Crippen LogP contribution >= 0.6 is 23.2 Å². The molecule has 7 heteroatoms. The minimum atomic E-state index is -0.891. The van der Waals surface area contributed by atoms with Crippen LogP contribution in [0.15, 0.2) is 23.4 Å². The van der Waals surface area contributed by atoms with Gasteiger partial charge in [0.2, 0.25) is 0 Å². The van der Waals surface area contributed by atoms with E-state index in [0.29, 0.717) is 28.5 Å². The third-order valence-corrected chi connectivity index (χ3v) is 4.08. The van der Waals surface area contributed by atoms with E-state index in [1.807, 2.05) is 13.8 Å². The molecule has 0 spiro atoms. The fraction of sp³-hybridized carbons (Fsp3) is 0.385. The van der Waals surface area contributed by atoms with E-state index < -0.39 is 5.54 Å². The molecule has 0 radical (unpaired) electrons. The number of rotatable bonds is 5. The lowest BCUT2D eigenvalue weighted by Gasteiger charge is -2.31. The van der Waals surface area contributed by atoms with E-state index >= 15 is 0 Å². The number of benzene rings is 1. The summed E-state index contributed by atoms with van der Waals surface area (Å²) in [5.74, 6) is -0.394. The second-order valence-electron chi connectivity index (χ2n) is 4.36. The van der Waals surface area contributed by atoms with Gasteiger partial charge in [0.25, 0.3) is 5.91 Å². The van der Waals surface area contributed by atoms with Crippen LogP contribution in [0, 0.1) is 0 Å². The van der Waals surface area contributed by atoms with Crippen molar-refractivity contribution in [3.63, 3.8) is 0 Å². The lowest BCUT2D eigenvalue weighted by atomic mass is 9.91. The first-order valence-electron chi connectivity index (χ1n) is 6.15.